The largest absolute Gasteiger partial charge is 0.497 e. The minimum Gasteiger partial charge on any atom is -0.497 e. The smallest absolute Gasteiger partial charge is 0.118 e. The van der Waals surface area contributed by atoms with E-state index < -0.39 is 0 Å². The van der Waals surface area contributed by atoms with Gasteiger partial charge in [0.1, 0.15) is 5.75 Å². The second kappa shape index (κ2) is 12.2. The molecule has 0 aromatic heterocycles. The fraction of sp³-hybridized carbons (Fsp3) is 0.793. The fourth-order valence-electron chi connectivity index (χ4n) is 7.10. The summed E-state index contributed by atoms with van der Waals surface area (Å²) in [6.45, 7) is 6.89. The van der Waals surface area contributed by atoms with Gasteiger partial charge in [0.15, 0.2) is 0 Å². The zero-order valence-electron chi connectivity index (χ0n) is 19.7. The predicted octanol–water partition coefficient (Wildman–Crippen LogP) is 9.23. The molecule has 6 rings (SSSR count). The second-order valence-electron chi connectivity index (χ2n) is 11.0. The molecule has 0 heterocycles. The molecule has 30 heavy (non-hydrogen) atoms. The van der Waals surface area contributed by atoms with Crippen molar-refractivity contribution in [3.05, 3.63) is 29.8 Å². The van der Waals surface area contributed by atoms with Crippen LogP contribution in [-0.2, 0) is 0 Å². The van der Waals surface area contributed by atoms with Crippen LogP contribution in [0.1, 0.15) is 110 Å². The van der Waals surface area contributed by atoms with Gasteiger partial charge in [0.2, 0.25) is 0 Å². The first-order valence-corrected chi connectivity index (χ1v) is 12.6. The van der Waals surface area contributed by atoms with Crippen molar-refractivity contribution in [3.63, 3.8) is 0 Å². The highest BCUT2D eigenvalue weighted by molar-refractivity contribution is 5.25. The average Bonchev–Trinajstić information content (AvgIpc) is 2.69. The van der Waals surface area contributed by atoms with Gasteiger partial charge in [0, 0.05) is 0 Å². The van der Waals surface area contributed by atoms with E-state index in [-0.39, 0.29) is 7.43 Å². The SMILES string of the molecule is C.CC12CC3CC(CC(C3)C1)C2.CCCC1CCCCC1.COc1ccc(C)cc1. The van der Waals surface area contributed by atoms with E-state index in [2.05, 4.69) is 20.8 Å². The summed E-state index contributed by atoms with van der Waals surface area (Å²) in [6, 6.07) is 7.96. The number of ether oxygens (including phenoxy) is 1. The topological polar surface area (TPSA) is 9.23 Å². The summed E-state index contributed by atoms with van der Waals surface area (Å²) in [5, 5.41) is 0. The monoisotopic (exact) mass is 414 g/mol. The lowest BCUT2D eigenvalue weighted by molar-refractivity contribution is -0.0411. The van der Waals surface area contributed by atoms with E-state index in [0.717, 1.165) is 34.8 Å². The van der Waals surface area contributed by atoms with E-state index >= 15 is 0 Å². The molecule has 4 bridgehead atoms. The summed E-state index contributed by atoms with van der Waals surface area (Å²) in [4.78, 5) is 0. The minimum absolute atomic E-state index is 0. The van der Waals surface area contributed by atoms with Crippen LogP contribution in [0.2, 0.25) is 0 Å². The van der Waals surface area contributed by atoms with Gasteiger partial charge in [0.25, 0.3) is 0 Å². The number of hydrogen-bond donors (Lipinski definition) is 0. The Morgan fingerprint density at radius 1 is 0.867 bits per heavy atom. The summed E-state index contributed by atoms with van der Waals surface area (Å²) >= 11 is 0. The summed E-state index contributed by atoms with van der Waals surface area (Å²) in [6.07, 6.45) is 19.9. The van der Waals surface area contributed by atoms with Crippen LogP contribution in [0.3, 0.4) is 0 Å². The molecule has 0 spiro atoms. The third kappa shape index (κ3) is 7.61. The maximum atomic E-state index is 4.97. The van der Waals surface area contributed by atoms with Gasteiger partial charge in [-0.1, -0.05) is 83.9 Å². The van der Waals surface area contributed by atoms with Crippen LogP contribution < -0.4 is 4.74 Å². The average molecular weight is 415 g/mol. The number of rotatable bonds is 3. The highest BCUT2D eigenvalue weighted by Crippen LogP contribution is 2.59. The van der Waals surface area contributed by atoms with Gasteiger partial charge in [-0.25, -0.2) is 0 Å². The summed E-state index contributed by atoms with van der Waals surface area (Å²) in [5.41, 5.74) is 2.06. The molecule has 0 saturated heterocycles. The van der Waals surface area contributed by atoms with Crippen LogP contribution in [0.4, 0.5) is 0 Å². The van der Waals surface area contributed by atoms with Gasteiger partial charge in [-0.15, -0.1) is 0 Å². The van der Waals surface area contributed by atoms with Crippen LogP contribution in [-0.4, -0.2) is 7.11 Å². The van der Waals surface area contributed by atoms with Crippen LogP contribution in [0, 0.1) is 36.0 Å². The Hall–Kier alpha value is -0.980. The third-order valence-corrected chi connectivity index (χ3v) is 8.02. The van der Waals surface area contributed by atoms with Crippen molar-refractivity contribution in [3.8, 4) is 5.75 Å². The van der Waals surface area contributed by atoms with Crippen molar-refractivity contribution in [1.82, 2.24) is 0 Å². The summed E-state index contributed by atoms with van der Waals surface area (Å²) in [5.74, 6) is 5.45. The van der Waals surface area contributed by atoms with E-state index in [1.54, 1.807) is 45.6 Å². The molecule has 5 fully saturated rings. The lowest BCUT2D eigenvalue weighted by Gasteiger charge is -2.55. The highest BCUT2D eigenvalue weighted by atomic mass is 16.5. The first-order valence-electron chi connectivity index (χ1n) is 12.6. The Kier molecular flexibility index (Phi) is 10.2. The van der Waals surface area contributed by atoms with E-state index in [9.17, 15) is 0 Å². The van der Waals surface area contributed by atoms with Gasteiger partial charge in [0.05, 0.1) is 7.11 Å². The minimum atomic E-state index is 0. The Morgan fingerprint density at radius 3 is 1.77 bits per heavy atom. The van der Waals surface area contributed by atoms with Gasteiger partial charge >= 0.3 is 0 Å². The first-order chi connectivity index (χ1) is 14.0. The molecule has 0 radical (unpaired) electrons. The molecule has 1 heteroatoms. The standard InChI is InChI=1S/C11H18.C9H18.C8H10O.CH4/c1-11-5-8-2-9(6-11)4-10(3-8)7-11;1-2-6-9-7-4-3-5-8-9;1-7-3-5-8(9-2)6-4-7;/h8-10H,2-7H2,1H3;9H,2-8H2,1H3;3-6H,1-2H3;1H4. The maximum Gasteiger partial charge on any atom is 0.118 e. The van der Waals surface area contributed by atoms with Crippen molar-refractivity contribution >= 4 is 0 Å². The molecule has 5 aliphatic rings. The molecule has 1 aromatic rings. The molecule has 1 aromatic carbocycles. The predicted molar refractivity (Wildman–Crippen MR) is 132 cm³/mol. The molecule has 172 valence electrons. The first kappa shape index (κ1) is 25.3. The van der Waals surface area contributed by atoms with Crippen molar-refractivity contribution in [2.45, 2.75) is 112 Å². The number of methoxy groups -OCH3 is 1. The van der Waals surface area contributed by atoms with Gasteiger partial charge in [-0.2, -0.15) is 0 Å². The summed E-state index contributed by atoms with van der Waals surface area (Å²) < 4.78 is 4.97. The summed E-state index contributed by atoms with van der Waals surface area (Å²) in [7, 11) is 1.67. The van der Waals surface area contributed by atoms with Crippen LogP contribution in [0.5, 0.6) is 5.75 Å². The molecule has 0 amide bonds. The normalized spacial score (nSPS) is 31.5. The van der Waals surface area contributed by atoms with Crippen LogP contribution in [0.15, 0.2) is 24.3 Å². The molecule has 0 unspecified atom stereocenters. The molecule has 1 nitrogen and oxygen atoms in total. The Balaban J connectivity index is 0.000000159. The second-order valence-corrected chi connectivity index (χ2v) is 11.0. The lowest BCUT2D eigenvalue weighted by atomic mass is 9.50. The van der Waals surface area contributed by atoms with E-state index in [4.69, 9.17) is 4.74 Å². The van der Waals surface area contributed by atoms with Gasteiger partial charge in [-0.05, 0) is 86.7 Å². The highest BCUT2D eigenvalue weighted by Gasteiger charge is 2.48. The Morgan fingerprint density at radius 2 is 1.37 bits per heavy atom. The quantitative estimate of drug-likeness (QED) is 0.479. The molecule has 0 N–H and O–H groups in total. The van der Waals surface area contributed by atoms with Crippen LogP contribution >= 0.6 is 0 Å². The lowest BCUT2D eigenvalue weighted by Crippen LogP contribution is -2.44. The molecular formula is C29H50O. The molecule has 0 atom stereocenters. The number of hydrogen-bond acceptors (Lipinski definition) is 1. The van der Waals surface area contributed by atoms with Gasteiger partial charge in [-0.3, -0.25) is 0 Å². The van der Waals surface area contributed by atoms with Crippen LogP contribution in [0.25, 0.3) is 0 Å². The van der Waals surface area contributed by atoms with Crippen molar-refractivity contribution < 1.29 is 4.74 Å². The van der Waals surface area contributed by atoms with E-state index in [1.165, 1.54) is 50.5 Å². The third-order valence-electron chi connectivity index (χ3n) is 8.02. The fourth-order valence-corrected chi connectivity index (χ4v) is 7.10. The molecular weight excluding hydrogens is 364 g/mol. The van der Waals surface area contributed by atoms with Crippen molar-refractivity contribution in [2.75, 3.05) is 7.11 Å². The zero-order chi connectivity index (χ0) is 20.7. The van der Waals surface area contributed by atoms with Crippen molar-refractivity contribution in [2.24, 2.45) is 29.1 Å². The van der Waals surface area contributed by atoms with Crippen molar-refractivity contribution in [1.29, 1.82) is 0 Å². The van der Waals surface area contributed by atoms with E-state index in [1.807, 2.05) is 24.3 Å². The van der Waals surface area contributed by atoms with E-state index in [0.29, 0.717) is 0 Å². The Bertz CT molecular complexity index is 543. The maximum absolute atomic E-state index is 4.97. The number of aryl methyl sites for hydroxylation is 1. The Labute approximate surface area is 188 Å². The molecule has 5 saturated carbocycles. The molecule has 0 aliphatic heterocycles. The number of benzene rings is 1. The zero-order valence-corrected chi connectivity index (χ0v) is 19.7. The van der Waals surface area contributed by atoms with Gasteiger partial charge < -0.3 is 4.74 Å². The molecule has 5 aliphatic carbocycles.